The van der Waals surface area contributed by atoms with Gasteiger partial charge in [0.2, 0.25) is 0 Å². The van der Waals surface area contributed by atoms with E-state index in [2.05, 4.69) is 72.1 Å². The number of thiocarbonyl (C=S) groups is 1. The maximum absolute atomic E-state index is 5.94. The first kappa shape index (κ1) is 14.6. The fourth-order valence-corrected chi connectivity index (χ4v) is 6.24. The first-order chi connectivity index (χ1) is 11.6. The molecule has 24 heavy (non-hydrogen) atoms. The smallest absolute Gasteiger partial charge is 0.0941 e. The summed E-state index contributed by atoms with van der Waals surface area (Å²) in [5.74, 6) is 1.02. The molecule has 3 heterocycles. The average Bonchev–Trinajstić information content (AvgIpc) is 3.02. The van der Waals surface area contributed by atoms with Crippen molar-refractivity contribution in [3.63, 3.8) is 0 Å². The van der Waals surface area contributed by atoms with Crippen LogP contribution in [0.4, 0.5) is 5.69 Å². The van der Waals surface area contributed by atoms with Gasteiger partial charge in [-0.2, -0.15) is 0 Å². The van der Waals surface area contributed by atoms with E-state index in [0.717, 1.165) is 17.2 Å². The normalized spacial score (nSPS) is 22.2. The van der Waals surface area contributed by atoms with Crippen molar-refractivity contribution in [1.29, 1.82) is 0 Å². The second kappa shape index (κ2) is 4.87. The van der Waals surface area contributed by atoms with Crippen LogP contribution in [0.1, 0.15) is 11.1 Å². The van der Waals surface area contributed by atoms with Crippen LogP contribution >= 0.6 is 24.0 Å². The lowest BCUT2D eigenvalue weighted by atomic mass is 9.78. The van der Waals surface area contributed by atoms with Crippen LogP contribution in [-0.4, -0.2) is 22.4 Å². The maximum Gasteiger partial charge on any atom is 0.0941 e. The Morgan fingerprint density at radius 3 is 2.67 bits per heavy atom. The molecule has 0 saturated carbocycles. The van der Waals surface area contributed by atoms with E-state index < -0.39 is 0 Å². The van der Waals surface area contributed by atoms with Gasteiger partial charge < -0.3 is 9.47 Å². The molecule has 1 spiro atoms. The third-order valence-corrected chi connectivity index (χ3v) is 7.68. The zero-order valence-corrected chi connectivity index (χ0v) is 15.4. The predicted octanol–water partition coefficient (Wildman–Crippen LogP) is 4.54. The Morgan fingerprint density at radius 2 is 1.79 bits per heavy atom. The molecule has 0 bridgehead atoms. The quantitative estimate of drug-likeness (QED) is 0.550. The van der Waals surface area contributed by atoms with Gasteiger partial charge in [0.05, 0.1) is 15.4 Å². The van der Waals surface area contributed by atoms with Crippen molar-refractivity contribution in [3.8, 4) is 0 Å². The van der Waals surface area contributed by atoms with Gasteiger partial charge in [0.15, 0.2) is 0 Å². The number of benzene rings is 2. The van der Waals surface area contributed by atoms with E-state index >= 15 is 0 Å². The summed E-state index contributed by atoms with van der Waals surface area (Å²) in [6.07, 6.45) is 0.997. The van der Waals surface area contributed by atoms with Crippen LogP contribution in [0.15, 0.2) is 53.6 Å². The second-order valence-electron chi connectivity index (χ2n) is 6.79. The SMILES string of the molecule is CN1C(=S)C2(CSc3c(c4ccccc4n3C)C2)c2ccccc21. The maximum atomic E-state index is 5.94. The summed E-state index contributed by atoms with van der Waals surface area (Å²) < 4.78 is 2.34. The number of likely N-dealkylation sites (N-methyl/N-ethyl adjacent to an activating group) is 1. The van der Waals surface area contributed by atoms with Gasteiger partial charge in [-0.3, -0.25) is 0 Å². The zero-order valence-electron chi connectivity index (χ0n) is 13.7. The molecule has 0 saturated heterocycles. The predicted molar refractivity (Wildman–Crippen MR) is 106 cm³/mol. The second-order valence-corrected chi connectivity index (χ2v) is 8.14. The molecule has 0 aliphatic carbocycles. The van der Waals surface area contributed by atoms with Crippen molar-refractivity contribution in [2.24, 2.45) is 7.05 Å². The van der Waals surface area contributed by atoms with Crippen molar-refractivity contribution < 1.29 is 0 Å². The summed E-state index contributed by atoms with van der Waals surface area (Å²) in [7, 11) is 4.29. The van der Waals surface area contributed by atoms with Gasteiger partial charge in [0, 0.05) is 36.4 Å². The molecule has 0 radical (unpaired) electrons. The number of anilines is 1. The molecule has 1 aromatic heterocycles. The molecule has 4 heteroatoms. The Hall–Kier alpha value is -1.78. The number of hydrogen-bond acceptors (Lipinski definition) is 2. The number of aryl methyl sites for hydroxylation is 1. The Balaban J connectivity index is 1.75. The van der Waals surface area contributed by atoms with E-state index in [0.29, 0.717) is 0 Å². The standard InChI is InChI=1S/C20H18N2S2/c1-21-16-9-5-3-7-13(16)14-11-20(12-24-18(14)21)15-8-4-6-10-17(15)22(2)19(20)23/h3-10H,11-12H2,1-2H3. The minimum atomic E-state index is -0.0531. The third kappa shape index (κ3) is 1.65. The monoisotopic (exact) mass is 350 g/mol. The number of hydrogen-bond donors (Lipinski definition) is 0. The number of para-hydroxylation sites is 2. The Kier molecular flexibility index (Phi) is 2.95. The van der Waals surface area contributed by atoms with Crippen LogP contribution in [0.3, 0.4) is 0 Å². The van der Waals surface area contributed by atoms with Crippen molar-refractivity contribution in [2.75, 3.05) is 17.7 Å². The number of nitrogens with zero attached hydrogens (tertiary/aromatic N) is 2. The summed E-state index contributed by atoms with van der Waals surface area (Å²) in [6, 6.07) is 17.4. The fourth-order valence-electron chi connectivity index (χ4n) is 4.37. The average molecular weight is 351 g/mol. The molecular weight excluding hydrogens is 332 g/mol. The van der Waals surface area contributed by atoms with Crippen molar-refractivity contribution >= 4 is 45.6 Å². The Labute approximate surface area is 151 Å². The highest BCUT2D eigenvalue weighted by Crippen LogP contribution is 2.52. The van der Waals surface area contributed by atoms with Gasteiger partial charge in [0.25, 0.3) is 0 Å². The molecule has 120 valence electrons. The van der Waals surface area contributed by atoms with Crippen LogP contribution < -0.4 is 4.90 Å². The van der Waals surface area contributed by atoms with Crippen LogP contribution in [-0.2, 0) is 18.9 Å². The summed E-state index contributed by atoms with van der Waals surface area (Å²) in [5, 5.41) is 2.77. The van der Waals surface area contributed by atoms with Crippen LogP contribution in [0.2, 0.25) is 0 Å². The molecule has 0 amide bonds. The molecular formula is C20H18N2S2. The van der Waals surface area contributed by atoms with E-state index in [9.17, 15) is 0 Å². The first-order valence-electron chi connectivity index (χ1n) is 8.20. The fraction of sp³-hybridized carbons (Fsp3) is 0.250. The van der Waals surface area contributed by atoms with Gasteiger partial charge in [0.1, 0.15) is 0 Å². The molecule has 0 N–H and O–H groups in total. The van der Waals surface area contributed by atoms with E-state index in [1.54, 1.807) is 0 Å². The van der Waals surface area contributed by atoms with Crippen LogP contribution in [0, 0.1) is 0 Å². The van der Waals surface area contributed by atoms with Crippen molar-refractivity contribution in [2.45, 2.75) is 16.9 Å². The molecule has 2 aromatic carbocycles. The highest BCUT2D eigenvalue weighted by molar-refractivity contribution is 7.99. The molecule has 1 unspecified atom stereocenters. The Morgan fingerprint density at radius 1 is 1.04 bits per heavy atom. The van der Waals surface area contributed by atoms with E-state index in [1.807, 2.05) is 11.8 Å². The van der Waals surface area contributed by atoms with E-state index in [1.165, 1.54) is 32.7 Å². The van der Waals surface area contributed by atoms with Crippen molar-refractivity contribution in [1.82, 2.24) is 4.57 Å². The molecule has 3 aromatic rings. The van der Waals surface area contributed by atoms with Gasteiger partial charge in [-0.05, 0) is 29.7 Å². The van der Waals surface area contributed by atoms with Crippen LogP contribution in [0.5, 0.6) is 0 Å². The minimum absolute atomic E-state index is 0.0531. The third-order valence-electron chi connectivity index (χ3n) is 5.58. The zero-order chi connectivity index (χ0) is 16.5. The largest absolute Gasteiger partial charge is 0.339 e. The lowest BCUT2D eigenvalue weighted by molar-refractivity contribution is 0.636. The van der Waals surface area contributed by atoms with Gasteiger partial charge in [-0.1, -0.05) is 48.6 Å². The Bertz CT molecular complexity index is 1000. The molecule has 5 rings (SSSR count). The topological polar surface area (TPSA) is 8.17 Å². The molecule has 1 atom stereocenters. The summed E-state index contributed by atoms with van der Waals surface area (Å²) in [5.41, 5.74) is 5.38. The summed E-state index contributed by atoms with van der Waals surface area (Å²) in [6.45, 7) is 0. The van der Waals surface area contributed by atoms with E-state index in [4.69, 9.17) is 12.2 Å². The summed E-state index contributed by atoms with van der Waals surface area (Å²) >= 11 is 7.90. The highest BCUT2D eigenvalue weighted by Gasteiger charge is 2.49. The van der Waals surface area contributed by atoms with Gasteiger partial charge in [-0.25, -0.2) is 0 Å². The first-order valence-corrected chi connectivity index (χ1v) is 9.59. The molecule has 2 aliphatic heterocycles. The number of thioether (sulfide) groups is 1. The van der Waals surface area contributed by atoms with Gasteiger partial charge in [-0.15, -0.1) is 11.8 Å². The van der Waals surface area contributed by atoms with Crippen molar-refractivity contribution in [3.05, 3.63) is 59.7 Å². The number of aromatic nitrogens is 1. The van der Waals surface area contributed by atoms with Gasteiger partial charge >= 0.3 is 0 Å². The summed E-state index contributed by atoms with van der Waals surface area (Å²) in [4.78, 5) is 3.27. The lowest BCUT2D eigenvalue weighted by Gasteiger charge is -2.34. The highest BCUT2D eigenvalue weighted by atomic mass is 32.2. The minimum Gasteiger partial charge on any atom is -0.339 e. The number of rotatable bonds is 0. The van der Waals surface area contributed by atoms with E-state index in [-0.39, 0.29) is 5.41 Å². The van der Waals surface area contributed by atoms with Crippen LogP contribution in [0.25, 0.3) is 10.9 Å². The molecule has 2 nitrogen and oxygen atoms in total. The number of fused-ring (bicyclic) bond motifs is 5. The molecule has 2 aliphatic rings. The lowest BCUT2D eigenvalue weighted by Crippen LogP contribution is -2.43. The molecule has 0 fully saturated rings.